The lowest BCUT2D eigenvalue weighted by molar-refractivity contribution is -0.147. The Morgan fingerprint density at radius 2 is 2.04 bits per heavy atom. The number of carbonyl (C=O) groups is 1. The van der Waals surface area contributed by atoms with Crippen molar-refractivity contribution in [3.63, 3.8) is 0 Å². The minimum Gasteiger partial charge on any atom is -0.454 e. The summed E-state index contributed by atoms with van der Waals surface area (Å²) in [5.74, 6) is -0.870. The van der Waals surface area contributed by atoms with Gasteiger partial charge in [0.15, 0.2) is 11.5 Å². The summed E-state index contributed by atoms with van der Waals surface area (Å²) < 4.78 is 49.3. The summed E-state index contributed by atoms with van der Waals surface area (Å²) in [6.45, 7) is -0.383. The van der Waals surface area contributed by atoms with E-state index in [0.29, 0.717) is 26.3 Å². The van der Waals surface area contributed by atoms with Gasteiger partial charge in [0.25, 0.3) is 0 Å². The molecule has 0 saturated carbocycles. The second-order valence-electron chi connectivity index (χ2n) is 5.28. The van der Waals surface area contributed by atoms with E-state index in [2.05, 4.69) is 10.4 Å². The molecule has 0 atom stereocenters. The lowest BCUT2D eigenvalue weighted by atomic mass is 10.2. The van der Waals surface area contributed by atoms with Gasteiger partial charge in [0, 0.05) is 13.6 Å². The van der Waals surface area contributed by atoms with Gasteiger partial charge in [-0.25, -0.2) is 9.48 Å². The molecule has 11 heteroatoms. The topological polar surface area (TPSA) is 87.4 Å². The van der Waals surface area contributed by atoms with Crippen LogP contribution in [-0.2, 0) is 31.1 Å². The monoisotopic (exact) mass is 358 g/mol. The first-order chi connectivity index (χ1) is 11.8. The molecule has 3 rings (SSSR count). The van der Waals surface area contributed by atoms with Crippen molar-refractivity contribution < 1.29 is 27.4 Å². The zero-order valence-electron chi connectivity index (χ0n) is 13.0. The molecule has 8 nitrogen and oxygen atoms in total. The van der Waals surface area contributed by atoms with Crippen molar-refractivity contribution in [3.8, 4) is 11.5 Å². The van der Waals surface area contributed by atoms with Gasteiger partial charge in [0.05, 0.1) is 0 Å². The number of nitrogens with zero attached hydrogens (tertiary/aromatic N) is 3. The van der Waals surface area contributed by atoms with Crippen LogP contribution < -0.4 is 20.5 Å². The molecule has 0 bridgehead atoms. The van der Waals surface area contributed by atoms with E-state index in [1.807, 2.05) is 0 Å². The number of halogens is 3. The van der Waals surface area contributed by atoms with Gasteiger partial charge in [0.1, 0.15) is 6.54 Å². The van der Waals surface area contributed by atoms with E-state index in [9.17, 15) is 22.8 Å². The summed E-state index contributed by atoms with van der Waals surface area (Å²) in [6.07, 6.45) is -4.78. The van der Waals surface area contributed by atoms with Crippen molar-refractivity contribution in [2.24, 2.45) is 7.05 Å². The van der Waals surface area contributed by atoms with Crippen LogP contribution in [0.4, 0.5) is 13.2 Å². The Labute approximate surface area is 138 Å². The van der Waals surface area contributed by atoms with Crippen molar-refractivity contribution in [2.75, 3.05) is 6.79 Å². The molecule has 2 aromatic rings. The molecule has 0 saturated heterocycles. The van der Waals surface area contributed by atoms with Gasteiger partial charge in [0.2, 0.25) is 18.5 Å². The molecule has 0 radical (unpaired) electrons. The Kier molecular flexibility index (Phi) is 4.15. The average molecular weight is 358 g/mol. The number of amides is 1. The highest BCUT2D eigenvalue weighted by molar-refractivity contribution is 5.75. The highest BCUT2D eigenvalue weighted by Crippen LogP contribution is 2.32. The number of hydrogen-bond donors (Lipinski definition) is 1. The summed E-state index contributed by atoms with van der Waals surface area (Å²) in [7, 11) is 0.944. The summed E-state index contributed by atoms with van der Waals surface area (Å²) in [6, 6.07) is 5.07. The third kappa shape index (κ3) is 3.44. The SMILES string of the molecule is Cn1c(C(F)(F)F)nn(CC(=O)NCc2ccc3c(c2)OCO3)c1=O. The van der Waals surface area contributed by atoms with Crippen molar-refractivity contribution in [3.05, 3.63) is 40.1 Å². The van der Waals surface area contributed by atoms with Crippen LogP contribution in [0, 0.1) is 0 Å². The number of benzene rings is 1. The fraction of sp³-hybridized carbons (Fsp3) is 0.357. The maximum absolute atomic E-state index is 12.7. The van der Waals surface area contributed by atoms with Crippen molar-refractivity contribution >= 4 is 5.91 Å². The molecule has 2 heterocycles. The van der Waals surface area contributed by atoms with Crippen LogP contribution in [0.25, 0.3) is 0 Å². The van der Waals surface area contributed by atoms with Crippen LogP contribution in [-0.4, -0.2) is 27.0 Å². The Balaban J connectivity index is 1.64. The molecular formula is C14H13F3N4O4. The third-order valence-corrected chi connectivity index (χ3v) is 3.51. The highest BCUT2D eigenvalue weighted by Gasteiger charge is 2.38. The molecule has 1 aromatic carbocycles. The van der Waals surface area contributed by atoms with Gasteiger partial charge in [-0.15, -0.1) is 5.10 Å². The summed E-state index contributed by atoms with van der Waals surface area (Å²) in [4.78, 5) is 23.6. The summed E-state index contributed by atoms with van der Waals surface area (Å²) in [5, 5.41) is 5.68. The number of fused-ring (bicyclic) bond motifs is 1. The Morgan fingerprint density at radius 3 is 2.72 bits per heavy atom. The lowest BCUT2D eigenvalue weighted by Gasteiger charge is -2.06. The molecule has 0 spiro atoms. The third-order valence-electron chi connectivity index (χ3n) is 3.51. The van der Waals surface area contributed by atoms with Crippen LogP contribution in [0.15, 0.2) is 23.0 Å². The van der Waals surface area contributed by atoms with Gasteiger partial charge in [-0.3, -0.25) is 9.36 Å². The van der Waals surface area contributed by atoms with Crippen molar-refractivity contribution in [2.45, 2.75) is 19.3 Å². The van der Waals surface area contributed by atoms with E-state index in [1.54, 1.807) is 18.2 Å². The van der Waals surface area contributed by atoms with Crippen LogP contribution in [0.3, 0.4) is 0 Å². The number of rotatable bonds is 4. The molecular weight excluding hydrogens is 345 g/mol. The van der Waals surface area contributed by atoms with E-state index in [0.717, 1.165) is 7.05 Å². The fourth-order valence-electron chi connectivity index (χ4n) is 2.28. The summed E-state index contributed by atoms with van der Waals surface area (Å²) >= 11 is 0. The molecule has 1 N–H and O–H groups in total. The number of nitrogens with one attached hydrogen (secondary N) is 1. The molecule has 1 aliphatic rings. The zero-order valence-corrected chi connectivity index (χ0v) is 13.0. The Hall–Kier alpha value is -2.98. The Bertz CT molecular complexity index is 872. The largest absolute Gasteiger partial charge is 0.454 e. The van der Waals surface area contributed by atoms with Crippen LogP contribution in [0.2, 0.25) is 0 Å². The number of ether oxygens (including phenoxy) is 2. The van der Waals surface area contributed by atoms with Gasteiger partial charge >= 0.3 is 11.9 Å². The van der Waals surface area contributed by atoms with Crippen LogP contribution in [0.1, 0.15) is 11.4 Å². The van der Waals surface area contributed by atoms with Gasteiger partial charge in [-0.2, -0.15) is 13.2 Å². The smallest absolute Gasteiger partial charge is 0.451 e. The van der Waals surface area contributed by atoms with Crippen LogP contribution >= 0.6 is 0 Å². The van der Waals surface area contributed by atoms with Gasteiger partial charge in [-0.05, 0) is 17.7 Å². The average Bonchev–Trinajstić information content (AvgIpc) is 3.11. The molecule has 25 heavy (non-hydrogen) atoms. The number of alkyl halides is 3. The van der Waals surface area contributed by atoms with Crippen LogP contribution in [0.5, 0.6) is 11.5 Å². The number of aromatic nitrogens is 3. The first kappa shape index (κ1) is 16.9. The van der Waals surface area contributed by atoms with Crippen molar-refractivity contribution in [1.29, 1.82) is 0 Å². The normalized spacial score (nSPS) is 13.1. The first-order valence-corrected chi connectivity index (χ1v) is 7.12. The second kappa shape index (κ2) is 6.15. The minimum atomic E-state index is -4.78. The predicted molar refractivity (Wildman–Crippen MR) is 76.9 cm³/mol. The van der Waals surface area contributed by atoms with E-state index < -0.39 is 30.1 Å². The molecule has 0 aliphatic carbocycles. The number of carbonyl (C=O) groups excluding carboxylic acids is 1. The van der Waals surface area contributed by atoms with Gasteiger partial charge < -0.3 is 14.8 Å². The minimum absolute atomic E-state index is 0.114. The Morgan fingerprint density at radius 1 is 1.32 bits per heavy atom. The quantitative estimate of drug-likeness (QED) is 0.867. The molecule has 1 amide bonds. The number of hydrogen-bond acceptors (Lipinski definition) is 5. The molecule has 134 valence electrons. The van der Waals surface area contributed by atoms with E-state index >= 15 is 0 Å². The van der Waals surface area contributed by atoms with E-state index in [-0.39, 0.29) is 13.3 Å². The second-order valence-corrected chi connectivity index (χ2v) is 5.28. The zero-order chi connectivity index (χ0) is 18.2. The maximum atomic E-state index is 12.7. The first-order valence-electron chi connectivity index (χ1n) is 7.12. The van der Waals surface area contributed by atoms with Gasteiger partial charge in [-0.1, -0.05) is 6.07 Å². The van der Waals surface area contributed by atoms with E-state index in [1.165, 1.54) is 0 Å². The highest BCUT2D eigenvalue weighted by atomic mass is 19.4. The van der Waals surface area contributed by atoms with E-state index in [4.69, 9.17) is 9.47 Å². The predicted octanol–water partition coefficient (Wildman–Crippen LogP) is 0.646. The lowest BCUT2D eigenvalue weighted by Crippen LogP contribution is -2.33. The maximum Gasteiger partial charge on any atom is 0.451 e. The molecule has 0 fully saturated rings. The summed E-state index contributed by atoms with van der Waals surface area (Å²) in [5.41, 5.74) is -0.312. The van der Waals surface area contributed by atoms with Crippen molar-refractivity contribution in [1.82, 2.24) is 19.7 Å². The molecule has 0 unspecified atom stereocenters. The fourth-order valence-corrected chi connectivity index (χ4v) is 2.28. The molecule has 1 aromatic heterocycles. The molecule has 1 aliphatic heterocycles. The standard InChI is InChI=1S/C14H13F3N4O4/c1-20-12(14(15,16)17)19-21(13(20)23)6-11(22)18-5-8-2-3-9-10(4-8)25-7-24-9/h2-4H,5-7H2,1H3,(H,18,22).